The molecular formula is C10H12N2O6S. The summed E-state index contributed by atoms with van der Waals surface area (Å²) in [6.07, 6.45) is -0.864. The molecule has 1 unspecified atom stereocenters. The Labute approximate surface area is 108 Å². The van der Waals surface area contributed by atoms with Crippen LogP contribution in [0.15, 0.2) is 29.2 Å². The van der Waals surface area contributed by atoms with E-state index in [-0.39, 0.29) is 10.6 Å². The van der Waals surface area contributed by atoms with Crippen molar-refractivity contribution in [2.45, 2.75) is 17.4 Å². The molecule has 0 saturated heterocycles. The van der Waals surface area contributed by atoms with Gasteiger partial charge in [-0.3, -0.25) is 9.59 Å². The van der Waals surface area contributed by atoms with Gasteiger partial charge in [-0.15, -0.1) is 0 Å². The van der Waals surface area contributed by atoms with E-state index in [4.69, 9.17) is 15.9 Å². The number of hydrogen-bond acceptors (Lipinski definition) is 5. The molecule has 0 aromatic heterocycles. The van der Waals surface area contributed by atoms with E-state index in [9.17, 15) is 18.0 Å². The number of anilines is 1. The fourth-order valence-corrected chi connectivity index (χ4v) is 2.53. The van der Waals surface area contributed by atoms with Gasteiger partial charge in [0.25, 0.3) is 0 Å². The Morgan fingerprint density at radius 3 is 2.42 bits per heavy atom. The number of carboxylic acids is 2. The number of aliphatic carboxylic acids is 2. The molecule has 19 heavy (non-hydrogen) atoms. The Balaban J connectivity index is 3.00. The Hall–Kier alpha value is -2.13. The quantitative estimate of drug-likeness (QED) is 0.514. The van der Waals surface area contributed by atoms with Crippen LogP contribution in [0.3, 0.4) is 0 Å². The first-order chi connectivity index (χ1) is 8.72. The van der Waals surface area contributed by atoms with E-state index in [1.807, 2.05) is 0 Å². The SMILES string of the molecule is Nc1cccc(S(=O)(=O)NC(CC(=O)O)C(=O)O)c1. The summed E-state index contributed by atoms with van der Waals surface area (Å²) < 4.78 is 25.5. The van der Waals surface area contributed by atoms with E-state index >= 15 is 0 Å². The highest BCUT2D eigenvalue weighted by Crippen LogP contribution is 2.13. The van der Waals surface area contributed by atoms with Crippen LogP contribution < -0.4 is 10.5 Å². The lowest BCUT2D eigenvalue weighted by Gasteiger charge is -2.13. The van der Waals surface area contributed by atoms with Crippen molar-refractivity contribution in [2.75, 3.05) is 5.73 Å². The van der Waals surface area contributed by atoms with Gasteiger partial charge < -0.3 is 15.9 Å². The van der Waals surface area contributed by atoms with Crippen LogP contribution in [0.5, 0.6) is 0 Å². The average molecular weight is 288 g/mol. The van der Waals surface area contributed by atoms with E-state index in [1.54, 1.807) is 4.72 Å². The predicted molar refractivity (Wildman–Crippen MR) is 64.9 cm³/mol. The molecule has 5 N–H and O–H groups in total. The highest BCUT2D eigenvalue weighted by Gasteiger charge is 2.27. The lowest BCUT2D eigenvalue weighted by molar-refractivity contribution is -0.145. The van der Waals surface area contributed by atoms with Crippen LogP contribution in [-0.4, -0.2) is 36.6 Å². The monoisotopic (exact) mass is 288 g/mol. The molecule has 0 heterocycles. The summed E-state index contributed by atoms with van der Waals surface area (Å²) in [5.74, 6) is -3.00. The summed E-state index contributed by atoms with van der Waals surface area (Å²) in [5, 5.41) is 17.3. The van der Waals surface area contributed by atoms with Crippen molar-refractivity contribution in [2.24, 2.45) is 0 Å². The molecule has 0 aliphatic rings. The van der Waals surface area contributed by atoms with Crippen molar-refractivity contribution in [3.8, 4) is 0 Å². The van der Waals surface area contributed by atoms with E-state index in [1.165, 1.54) is 18.2 Å². The van der Waals surface area contributed by atoms with Gasteiger partial charge >= 0.3 is 11.9 Å². The molecule has 0 bridgehead atoms. The van der Waals surface area contributed by atoms with Gasteiger partial charge in [0, 0.05) is 5.69 Å². The number of nitrogens with one attached hydrogen (secondary N) is 1. The van der Waals surface area contributed by atoms with E-state index in [2.05, 4.69) is 0 Å². The van der Waals surface area contributed by atoms with Crippen molar-refractivity contribution in [3.05, 3.63) is 24.3 Å². The number of hydrogen-bond donors (Lipinski definition) is 4. The largest absolute Gasteiger partial charge is 0.481 e. The molecule has 1 aromatic carbocycles. The van der Waals surface area contributed by atoms with Gasteiger partial charge in [0.15, 0.2) is 0 Å². The molecule has 0 fully saturated rings. The third-order valence-corrected chi connectivity index (χ3v) is 3.61. The number of nitrogens with two attached hydrogens (primary N) is 1. The maximum atomic E-state index is 11.9. The maximum absolute atomic E-state index is 11.9. The minimum atomic E-state index is -4.15. The van der Waals surface area contributed by atoms with Gasteiger partial charge in [0.1, 0.15) is 6.04 Å². The molecule has 0 radical (unpaired) electrons. The van der Waals surface area contributed by atoms with Gasteiger partial charge in [-0.05, 0) is 18.2 Å². The van der Waals surface area contributed by atoms with Crippen LogP contribution >= 0.6 is 0 Å². The Bertz CT molecular complexity index is 598. The maximum Gasteiger partial charge on any atom is 0.322 e. The Morgan fingerprint density at radius 2 is 1.95 bits per heavy atom. The number of benzene rings is 1. The minimum absolute atomic E-state index is 0.188. The predicted octanol–water partition coefficient (Wildman–Crippen LogP) is -0.525. The van der Waals surface area contributed by atoms with Crippen LogP contribution in [0.4, 0.5) is 5.69 Å². The van der Waals surface area contributed by atoms with Crippen molar-refractivity contribution < 1.29 is 28.2 Å². The number of carbonyl (C=O) groups is 2. The molecule has 0 saturated carbocycles. The molecule has 9 heteroatoms. The first-order valence-corrected chi connectivity index (χ1v) is 6.53. The zero-order valence-electron chi connectivity index (χ0n) is 9.61. The molecule has 0 aliphatic heterocycles. The molecule has 104 valence electrons. The molecule has 8 nitrogen and oxygen atoms in total. The normalized spacial score (nSPS) is 12.8. The second-order valence-corrected chi connectivity index (χ2v) is 5.40. The standard InChI is InChI=1S/C10H12N2O6S/c11-6-2-1-3-7(4-6)19(17,18)12-8(10(15)16)5-9(13)14/h1-4,8,12H,5,11H2,(H,13,14)(H,15,16). The lowest BCUT2D eigenvalue weighted by Crippen LogP contribution is -2.42. The highest BCUT2D eigenvalue weighted by molar-refractivity contribution is 7.89. The zero-order chi connectivity index (χ0) is 14.6. The summed E-state index contributed by atoms with van der Waals surface area (Å²) in [5.41, 5.74) is 5.61. The van der Waals surface area contributed by atoms with Crippen molar-refractivity contribution in [1.29, 1.82) is 0 Å². The number of sulfonamides is 1. The van der Waals surface area contributed by atoms with Crippen molar-refractivity contribution in [3.63, 3.8) is 0 Å². The zero-order valence-corrected chi connectivity index (χ0v) is 10.4. The van der Waals surface area contributed by atoms with Gasteiger partial charge in [-0.1, -0.05) is 6.07 Å². The first-order valence-electron chi connectivity index (χ1n) is 5.05. The molecule has 0 spiro atoms. The second-order valence-electron chi connectivity index (χ2n) is 3.68. The van der Waals surface area contributed by atoms with Gasteiger partial charge in [-0.2, -0.15) is 4.72 Å². The smallest absolute Gasteiger partial charge is 0.322 e. The van der Waals surface area contributed by atoms with Crippen LogP contribution in [0, 0.1) is 0 Å². The summed E-state index contributed by atoms with van der Waals surface area (Å²) in [6.45, 7) is 0. The summed E-state index contributed by atoms with van der Waals surface area (Å²) in [7, 11) is -4.15. The minimum Gasteiger partial charge on any atom is -0.481 e. The summed E-state index contributed by atoms with van der Waals surface area (Å²) >= 11 is 0. The summed E-state index contributed by atoms with van der Waals surface area (Å²) in [4.78, 5) is 21.0. The number of rotatable bonds is 6. The molecule has 1 atom stereocenters. The van der Waals surface area contributed by atoms with Gasteiger partial charge in [0.05, 0.1) is 11.3 Å². The van der Waals surface area contributed by atoms with E-state index in [0.717, 1.165) is 6.07 Å². The van der Waals surface area contributed by atoms with Crippen molar-refractivity contribution >= 4 is 27.6 Å². The summed E-state index contributed by atoms with van der Waals surface area (Å²) in [6, 6.07) is 3.46. The van der Waals surface area contributed by atoms with Gasteiger partial charge in [0.2, 0.25) is 10.0 Å². The number of carboxylic acid groups (broad SMARTS) is 2. The fourth-order valence-electron chi connectivity index (χ4n) is 1.29. The van der Waals surface area contributed by atoms with Gasteiger partial charge in [-0.25, -0.2) is 8.42 Å². The highest BCUT2D eigenvalue weighted by atomic mass is 32.2. The lowest BCUT2D eigenvalue weighted by atomic mass is 10.2. The fraction of sp³-hybridized carbons (Fsp3) is 0.200. The molecule has 1 rings (SSSR count). The first kappa shape index (κ1) is 14.9. The Kier molecular flexibility index (Phi) is 4.46. The number of nitrogen functional groups attached to an aromatic ring is 1. The second kappa shape index (κ2) is 5.67. The molecular weight excluding hydrogens is 276 g/mol. The average Bonchev–Trinajstić information content (AvgIpc) is 2.27. The van der Waals surface area contributed by atoms with Crippen LogP contribution in [0.1, 0.15) is 6.42 Å². The van der Waals surface area contributed by atoms with Crippen LogP contribution in [-0.2, 0) is 19.6 Å². The van der Waals surface area contributed by atoms with Crippen LogP contribution in [0.25, 0.3) is 0 Å². The van der Waals surface area contributed by atoms with E-state index < -0.39 is 34.4 Å². The molecule has 1 aromatic rings. The van der Waals surface area contributed by atoms with E-state index in [0.29, 0.717) is 0 Å². The molecule has 0 amide bonds. The van der Waals surface area contributed by atoms with Crippen LogP contribution in [0.2, 0.25) is 0 Å². The molecule has 0 aliphatic carbocycles. The third kappa shape index (κ3) is 4.23. The van der Waals surface area contributed by atoms with Crippen molar-refractivity contribution in [1.82, 2.24) is 4.72 Å². The topological polar surface area (TPSA) is 147 Å². The Morgan fingerprint density at radius 1 is 1.32 bits per heavy atom. The third-order valence-electron chi connectivity index (χ3n) is 2.14.